The van der Waals surface area contributed by atoms with Crippen molar-refractivity contribution in [2.75, 3.05) is 12.4 Å². The zero-order valence-corrected chi connectivity index (χ0v) is 16.6. The predicted molar refractivity (Wildman–Crippen MR) is 105 cm³/mol. The summed E-state index contributed by atoms with van der Waals surface area (Å²) in [5, 5.41) is 3.54. The van der Waals surface area contributed by atoms with Gasteiger partial charge in [0.15, 0.2) is 0 Å². The topological polar surface area (TPSA) is 55.4 Å². The Morgan fingerprint density at radius 2 is 1.73 bits per heavy atom. The van der Waals surface area contributed by atoms with Gasteiger partial charge in [-0.25, -0.2) is 4.79 Å². The van der Waals surface area contributed by atoms with Crippen LogP contribution in [-0.4, -0.2) is 19.0 Å². The summed E-state index contributed by atoms with van der Waals surface area (Å²) in [6, 6.07) is 7.63. The number of esters is 1. The van der Waals surface area contributed by atoms with E-state index in [4.69, 9.17) is 4.74 Å². The molecule has 1 aliphatic rings. The van der Waals surface area contributed by atoms with Gasteiger partial charge in [-0.3, -0.25) is 4.79 Å². The highest BCUT2D eigenvalue weighted by atomic mass is 32.1. The normalized spacial score (nSPS) is 13.8. The first-order valence-electron chi connectivity index (χ1n) is 8.96. The molecule has 1 heterocycles. The number of hydrogen-bond acceptors (Lipinski definition) is 4. The Balaban J connectivity index is 1.87. The molecule has 0 bridgehead atoms. The standard InChI is InChI=1S/C21H25NO3S/c1-21(2,3)14-11-9-13(10-12-14)18(23)22-19-17(20(24)25-4)15-7-5-6-8-16(15)26-19/h9-12H,5-8H2,1-4H3,(H,22,23). The van der Waals surface area contributed by atoms with Crippen LogP contribution < -0.4 is 5.32 Å². The molecule has 0 atom stereocenters. The van der Waals surface area contributed by atoms with E-state index < -0.39 is 0 Å². The summed E-state index contributed by atoms with van der Waals surface area (Å²) in [5.74, 6) is -0.572. The van der Waals surface area contributed by atoms with Gasteiger partial charge in [0.25, 0.3) is 5.91 Å². The third-order valence-electron chi connectivity index (χ3n) is 4.80. The lowest BCUT2D eigenvalue weighted by Crippen LogP contribution is -2.16. The van der Waals surface area contributed by atoms with Crippen molar-refractivity contribution >= 4 is 28.2 Å². The molecule has 1 N–H and O–H groups in total. The van der Waals surface area contributed by atoms with Gasteiger partial charge in [0.1, 0.15) is 5.00 Å². The van der Waals surface area contributed by atoms with Gasteiger partial charge in [-0.2, -0.15) is 0 Å². The number of ether oxygens (including phenoxy) is 1. The molecule has 138 valence electrons. The molecule has 3 rings (SSSR count). The lowest BCUT2D eigenvalue weighted by molar-refractivity contribution is 0.0601. The summed E-state index contributed by atoms with van der Waals surface area (Å²) in [7, 11) is 1.38. The van der Waals surface area contributed by atoms with Crippen LogP contribution in [0.2, 0.25) is 0 Å². The van der Waals surface area contributed by atoms with Gasteiger partial charge < -0.3 is 10.1 Å². The highest BCUT2D eigenvalue weighted by Gasteiger charge is 2.27. The van der Waals surface area contributed by atoms with Crippen LogP contribution in [-0.2, 0) is 23.0 Å². The number of methoxy groups -OCH3 is 1. The quantitative estimate of drug-likeness (QED) is 0.776. The summed E-state index contributed by atoms with van der Waals surface area (Å²) in [6.45, 7) is 6.42. The van der Waals surface area contributed by atoms with Gasteiger partial charge in [0.2, 0.25) is 0 Å². The number of aryl methyl sites for hydroxylation is 1. The third-order valence-corrected chi connectivity index (χ3v) is 6.01. The number of rotatable bonds is 3. The number of amides is 1. The van der Waals surface area contributed by atoms with E-state index in [0.717, 1.165) is 31.2 Å². The van der Waals surface area contributed by atoms with Crippen molar-refractivity contribution in [3.8, 4) is 0 Å². The van der Waals surface area contributed by atoms with E-state index in [1.54, 1.807) is 0 Å². The number of thiophene rings is 1. The lowest BCUT2D eigenvalue weighted by atomic mass is 9.87. The molecule has 26 heavy (non-hydrogen) atoms. The molecule has 0 saturated heterocycles. The fourth-order valence-electron chi connectivity index (χ4n) is 3.27. The minimum absolute atomic E-state index is 0.0415. The molecule has 0 aliphatic heterocycles. The number of carbonyl (C=O) groups excluding carboxylic acids is 2. The largest absolute Gasteiger partial charge is 0.465 e. The monoisotopic (exact) mass is 371 g/mol. The maximum atomic E-state index is 12.7. The van der Waals surface area contributed by atoms with Crippen LogP contribution in [0.15, 0.2) is 24.3 Å². The van der Waals surface area contributed by atoms with E-state index >= 15 is 0 Å². The fraction of sp³-hybridized carbons (Fsp3) is 0.429. The molecule has 0 unspecified atom stereocenters. The SMILES string of the molecule is COC(=O)c1c(NC(=O)c2ccc(C(C)(C)C)cc2)sc2c1CCCC2. The van der Waals surface area contributed by atoms with E-state index in [1.807, 2.05) is 24.3 Å². The average Bonchev–Trinajstić information content (AvgIpc) is 2.98. The van der Waals surface area contributed by atoms with Gasteiger partial charge in [0, 0.05) is 10.4 Å². The van der Waals surface area contributed by atoms with Crippen molar-refractivity contribution in [3.05, 3.63) is 51.4 Å². The van der Waals surface area contributed by atoms with E-state index in [1.165, 1.54) is 28.9 Å². The van der Waals surface area contributed by atoms with Crippen LogP contribution >= 0.6 is 11.3 Å². The van der Waals surface area contributed by atoms with Crippen LogP contribution in [0.4, 0.5) is 5.00 Å². The molecule has 5 heteroatoms. The van der Waals surface area contributed by atoms with Crippen LogP contribution in [0.5, 0.6) is 0 Å². The second kappa shape index (κ2) is 7.23. The molecule has 2 aromatic rings. The van der Waals surface area contributed by atoms with Crippen LogP contribution in [0.25, 0.3) is 0 Å². The van der Waals surface area contributed by atoms with Crippen molar-refractivity contribution in [2.24, 2.45) is 0 Å². The number of fused-ring (bicyclic) bond motifs is 1. The highest BCUT2D eigenvalue weighted by molar-refractivity contribution is 7.17. The molecule has 1 amide bonds. The Kier molecular flexibility index (Phi) is 5.19. The van der Waals surface area contributed by atoms with Crippen molar-refractivity contribution < 1.29 is 14.3 Å². The van der Waals surface area contributed by atoms with E-state index in [2.05, 4.69) is 26.1 Å². The van der Waals surface area contributed by atoms with Crippen molar-refractivity contribution in [1.82, 2.24) is 0 Å². The van der Waals surface area contributed by atoms with Crippen molar-refractivity contribution in [1.29, 1.82) is 0 Å². The number of benzene rings is 1. The maximum absolute atomic E-state index is 12.7. The fourth-order valence-corrected chi connectivity index (χ4v) is 4.54. The Bertz CT molecular complexity index is 828. The van der Waals surface area contributed by atoms with Crippen molar-refractivity contribution in [2.45, 2.75) is 51.9 Å². The summed E-state index contributed by atoms with van der Waals surface area (Å²) in [4.78, 5) is 26.2. The molecular weight excluding hydrogens is 346 g/mol. The van der Waals surface area contributed by atoms with E-state index in [-0.39, 0.29) is 17.3 Å². The summed E-state index contributed by atoms with van der Waals surface area (Å²) < 4.78 is 4.96. The first-order valence-corrected chi connectivity index (χ1v) is 9.77. The Morgan fingerprint density at radius 3 is 2.35 bits per heavy atom. The molecule has 1 aromatic carbocycles. The number of anilines is 1. The highest BCUT2D eigenvalue weighted by Crippen LogP contribution is 2.38. The molecule has 0 radical (unpaired) electrons. The average molecular weight is 372 g/mol. The molecule has 0 spiro atoms. The van der Waals surface area contributed by atoms with E-state index in [0.29, 0.717) is 16.1 Å². The molecule has 1 aliphatic carbocycles. The minimum Gasteiger partial charge on any atom is -0.465 e. The number of hydrogen-bond donors (Lipinski definition) is 1. The predicted octanol–water partition coefficient (Wildman–Crippen LogP) is 4.96. The third kappa shape index (κ3) is 3.68. The van der Waals surface area contributed by atoms with Crippen LogP contribution in [0.3, 0.4) is 0 Å². The van der Waals surface area contributed by atoms with Crippen molar-refractivity contribution in [3.63, 3.8) is 0 Å². The zero-order valence-electron chi connectivity index (χ0n) is 15.8. The van der Waals surface area contributed by atoms with E-state index in [9.17, 15) is 9.59 Å². The summed E-state index contributed by atoms with van der Waals surface area (Å²) in [5.41, 5.74) is 3.38. The minimum atomic E-state index is -0.372. The molecule has 1 aromatic heterocycles. The Labute approximate surface area is 158 Å². The molecular formula is C21H25NO3S. The Hall–Kier alpha value is -2.14. The lowest BCUT2D eigenvalue weighted by Gasteiger charge is -2.19. The first-order chi connectivity index (χ1) is 12.3. The maximum Gasteiger partial charge on any atom is 0.341 e. The number of carbonyl (C=O) groups is 2. The smallest absolute Gasteiger partial charge is 0.341 e. The molecule has 0 saturated carbocycles. The zero-order chi connectivity index (χ0) is 18.9. The van der Waals surface area contributed by atoms with Crippen LogP contribution in [0, 0.1) is 0 Å². The molecule has 0 fully saturated rings. The van der Waals surface area contributed by atoms with Gasteiger partial charge in [-0.15, -0.1) is 11.3 Å². The first kappa shape index (κ1) is 18.6. The van der Waals surface area contributed by atoms with Gasteiger partial charge in [0.05, 0.1) is 12.7 Å². The molecule has 4 nitrogen and oxygen atoms in total. The second-order valence-corrected chi connectivity index (χ2v) is 8.79. The van der Waals surface area contributed by atoms with Gasteiger partial charge >= 0.3 is 5.97 Å². The van der Waals surface area contributed by atoms with Crippen LogP contribution in [0.1, 0.15) is 70.3 Å². The second-order valence-electron chi connectivity index (χ2n) is 7.69. The number of nitrogens with one attached hydrogen (secondary N) is 1. The Morgan fingerprint density at radius 1 is 1.08 bits per heavy atom. The summed E-state index contributed by atoms with van der Waals surface area (Å²) in [6.07, 6.45) is 4.01. The summed E-state index contributed by atoms with van der Waals surface area (Å²) >= 11 is 1.50. The van der Waals surface area contributed by atoms with Gasteiger partial charge in [-0.05, 0) is 54.4 Å². The van der Waals surface area contributed by atoms with Gasteiger partial charge in [-0.1, -0.05) is 32.9 Å².